The van der Waals surface area contributed by atoms with Crippen molar-refractivity contribution in [3.8, 4) is 0 Å². The molecule has 0 saturated heterocycles. The van der Waals surface area contributed by atoms with Crippen molar-refractivity contribution in [2.45, 2.75) is 64.9 Å². The third-order valence-electron chi connectivity index (χ3n) is 8.78. The number of Topliss-reactive ketones (excluding diaryl/α,β-unsaturated/α-hetero) is 1. The second-order valence-corrected chi connectivity index (χ2v) is 10.3. The molecule has 0 aliphatic heterocycles. The Morgan fingerprint density at radius 3 is 2.71 bits per heavy atom. The van der Waals surface area contributed by atoms with E-state index in [4.69, 9.17) is 0 Å². The van der Waals surface area contributed by atoms with Crippen LogP contribution in [0.3, 0.4) is 0 Å². The summed E-state index contributed by atoms with van der Waals surface area (Å²) in [5.74, 6) is 2.07. The number of nitrogens with zero attached hydrogens (tertiary/aromatic N) is 2. The molecule has 0 aromatic carbocycles. The summed E-state index contributed by atoms with van der Waals surface area (Å²) in [4.78, 5) is 13.4. The first-order valence-electron chi connectivity index (χ1n) is 10.9. The first-order chi connectivity index (χ1) is 13.3. The molecule has 5 rings (SSSR count). The lowest BCUT2D eigenvalue weighted by Crippen LogP contribution is -2.50. The van der Waals surface area contributed by atoms with Gasteiger partial charge in [-0.15, -0.1) is 0 Å². The summed E-state index contributed by atoms with van der Waals surface area (Å²) >= 11 is 0. The maximum Gasteiger partial charge on any atom is 0.165 e. The summed E-state index contributed by atoms with van der Waals surface area (Å²) < 4.78 is 1.79. The molecule has 0 radical (unpaired) electrons. The number of allylic oxidation sites excluding steroid dienone is 2. The van der Waals surface area contributed by atoms with Crippen molar-refractivity contribution in [1.82, 2.24) is 9.78 Å². The summed E-state index contributed by atoms with van der Waals surface area (Å²) in [5.41, 5.74) is 3.54. The predicted molar refractivity (Wildman–Crippen MR) is 109 cm³/mol. The highest BCUT2D eigenvalue weighted by molar-refractivity contribution is 6.05. The Balaban J connectivity index is 1.48. The lowest BCUT2D eigenvalue weighted by molar-refractivity contribution is -0.130. The predicted octanol–water partition coefficient (Wildman–Crippen LogP) is 4.31. The first kappa shape index (κ1) is 18.4. The van der Waals surface area contributed by atoms with Crippen LogP contribution in [-0.4, -0.2) is 26.8 Å². The van der Waals surface area contributed by atoms with Crippen molar-refractivity contribution in [2.24, 2.45) is 35.6 Å². The highest BCUT2D eigenvalue weighted by atomic mass is 16.3. The van der Waals surface area contributed by atoms with Crippen molar-refractivity contribution in [3.05, 3.63) is 35.2 Å². The van der Waals surface area contributed by atoms with Crippen LogP contribution in [0.4, 0.5) is 0 Å². The minimum atomic E-state index is -0.203. The molecule has 4 aliphatic carbocycles. The average molecular weight is 381 g/mol. The summed E-state index contributed by atoms with van der Waals surface area (Å²) in [5, 5.41) is 14.4. The molecular weight excluding hydrogens is 348 g/mol. The van der Waals surface area contributed by atoms with Crippen molar-refractivity contribution < 1.29 is 9.90 Å². The number of rotatable bonds is 1. The second kappa shape index (κ2) is 6.16. The molecule has 0 spiro atoms. The number of aliphatic hydroxyl groups is 1. The zero-order valence-corrected chi connectivity index (χ0v) is 17.3. The van der Waals surface area contributed by atoms with Crippen LogP contribution in [0, 0.1) is 28.6 Å². The summed E-state index contributed by atoms with van der Waals surface area (Å²) in [7, 11) is 1.91. The van der Waals surface area contributed by atoms with Gasteiger partial charge in [0.25, 0.3) is 0 Å². The van der Waals surface area contributed by atoms with Crippen LogP contribution < -0.4 is 0 Å². The molecule has 0 unspecified atom stereocenters. The van der Waals surface area contributed by atoms with Gasteiger partial charge in [-0.2, -0.15) is 5.10 Å². The molecule has 4 aliphatic rings. The van der Waals surface area contributed by atoms with Crippen LogP contribution >= 0.6 is 0 Å². The number of aryl methyl sites for hydroxylation is 1. The van der Waals surface area contributed by atoms with Crippen LogP contribution in [0.5, 0.6) is 0 Å². The molecule has 1 aromatic rings. The Morgan fingerprint density at radius 1 is 1.18 bits per heavy atom. The Labute approximate surface area is 167 Å². The molecule has 1 heterocycles. The minimum Gasteiger partial charge on any atom is -0.393 e. The Morgan fingerprint density at radius 2 is 1.96 bits per heavy atom. The molecule has 4 heteroatoms. The van der Waals surface area contributed by atoms with Gasteiger partial charge < -0.3 is 5.11 Å². The normalized spacial score (nSPS) is 44.1. The Bertz CT molecular complexity index is 881. The van der Waals surface area contributed by atoms with Crippen molar-refractivity contribution in [3.63, 3.8) is 0 Å². The average Bonchev–Trinajstić information content (AvgIpc) is 3.18. The second-order valence-electron chi connectivity index (χ2n) is 10.3. The summed E-state index contributed by atoms with van der Waals surface area (Å²) in [6.07, 6.45) is 15.2. The van der Waals surface area contributed by atoms with E-state index in [1.165, 1.54) is 5.57 Å². The van der Waals surface area contributed by atoms with Crippen molar-refractivity contribution >= 4 is 11.9 Å². The Kier molecular flexibility index (Phi) is 4.04. The van der Waals surface area contributed by atoms with E-state index in [1.54, 1.807) is 4.68 Å². The first-order valence-corrected chi connectivity index (χ1v) is 10.9. The standard InChI is InChI=1S/C24H32N2O2/c1-23-8-6-18(27)12-17(23)4-5-19-20(23)7-9-24(2)21(19)11-16(22(24)28)10-15-13-25-26(3)14-15/h4,10,13-14,18-21,27H,5-9,11-12H2,1-3H3/b16-10-/t18-,19+,20-,21-,23-,24-/m0/s1. The van der Waals surface area contributed by atoms with Gasteiger partial charge in [-0.25, -0.2) is 0 Å². The highest BCUT2D eigenvalue weighted by Gasteiger charge is 2.59. The van der Waals surface area contributed by atoms with Gasteiger partial charge in [0.05, 0.1) is 12.3 Å². The van der Waals surface area contributed by atoms with E-state index in [0.29, 0.717) is 23.5 Å². The van der Waals surface area contributed by atoms with Gasteiger partial charge in [-0.1, -0.05) is 25.5 Å². The van der Waals surface area contributed by atoms with Crippen LogP contribution in [0.15, 0.2) is 29.6 Å². The number of carbonyl (C=O) groups excluding carboxylic acids is 1. The smallest absolute Gasteiger partial charge is 0.165 e. The van der Waals surface area contributed by atoms with E-state index in [-0.39, 0.29) is 16.9 Å². The molecule has 0 bridgehead atoms. The highest BCUT2D eigenvalue weighted by Crippen LogP contribution is 2.64. The summed E-state index contributed by atoms with van der Waals surface area (Å²) in [6.45, 7) is 4.67. The van der Waals surface area contributed by atoms with E-state index in [1.807, 2.05) is 19.4 Å². The molecule has 6 atom stereocenters. The van der Waals surface area contributed by atoms with Crippen LogP contribution in [0.2, 0.25) is 0 Å². The van der Waals surface area contributed by atoms with E-state index >= 15 is 0 Å². The third-order valence-corrected chi connectivity index (χ3v) is 8.78. The fourth-order valence-electron chi connectivity index (χ4n) is 7.16. The largest absolute Gasteiger partial charge is 0.393 e. The van der Waals surface area contributed by atoms with Gasteiger partial charge in [-0.05, 0) is 79.8 Å². The number of hydrogen-bond acceptors (Lipinski definition) is 3. The number of aliphatic hydroxyl groups excluding tert-OH is 1. The van der Waals surface area contributed by atoms with Crippen LogP contribution in [0.25, 0.3) is 6.08 Å². The maximum absolute atomic E-state index is 13.4. The lowest BCUT2D eigenvalue weighted by atomic mass is 9.48. The molecule has 0 amide bonds. The van der Waals surface area contributed by atoms with E-state index in [2.05, 4.69) is 31.1 Å². The summed E-state index contributed by atoms with van der Waals surface area (Å²) in [6, 6.07) is 0. The molecule has 4 nitrogen and oxygen atoms in total. The van der Waals surface area contributed by atoms with Gasteiger partial charge >= 0.3 is 0 Å². The van der Waals surface area contributed by atoms with Crippen LogP contribution in [-0.2, 0) is 11.8 Å². The molecule has 1 aromatic heterocycles. The number of aromatic nitrogens is 2. The van der Waals surface area contributed by atoms with Gasteiger partial charge in [0.15, 0.2) is 5.78 Å². The van der Waals surface area contributed by atoms with E-state index in [0.717, 1.165) is 56.1 Å². The number of carbonyl (C=O) groups is 1. The van der Waals surface area contributed by atoms with Gasteiger partial charge in [0.2, 0.25) is 0 Å². The van der Waals surface area contributed by atoms with Crippen molar-refractivity contribution in [2.75, 3.05) is 0 Å². The SMILES string of the molecule is Cn1cc(/C=C2/C[C@H]3[C@@H]4CC=C5C[C@@H](O)CC[C@]5(C)[C@H]4CC[C@]3(C)C2=O)cn1. The molecular formula is C24H32N2O2. The zero-order valence-electron chi connectivity index (χ0n) is 17.3. The fraction of sp³-hybridized carbons (Fsp3) is 0.667. The van der Waals surface area contributed by atoms with Gasteiger partial charge in [0.1, 0.15) is 0 Å². The molecule has 3 fully saturated rings. The fourth-order valence-corrected chi connectivity index (χ4v) is 7.16. The maximum atomic E-state index is 13.4. The topological polar surface area (TPSA) is 55.1 Å². The number of fused-ring (bicyclic) bond motifs is 5. The number of ketones is 1. The Hall–Kier alpha value is -1.68. The molecule has 28 heavy (non-hydrogen) atoms. The molecule has 150 valence electrons. The minimum absolute atomic E-state index is 0.160. The van der Waals surface area contributed by atoms with E-state index < -0.39 is 0 Å². The molecule has 3 saturated carbocycles. The monoisotopic (exact) mass is 380 g/mol. The number of hydrogen-bond donors (Lipinski definition) is 1. The van der Waals surface area contributed by atoms with Gasteiger partial charge in [0, 0.05) is 24.2 Å². The quantitative estimate of drug-likeness (QED) is 0.583. The lowest BCUT2D eigenvalue weighted by Gasteiger charge is -2.56. The van der Waals surface area contributed by atoms with Crippen LogP contribution in [0.1, 0.15) is 64.4 Å². The third kappa shape index (κ3) is 2.53. The van der Waals surface area contributed by atoms with E-state index in [9.17, 15) is 9.90 Å². The zero-order chi connectivity index (χ0) is 19.7. The molecule has 1 N–H and O–H groups in total. The van der Waals surface area contributed by atoms with Gasteiger partial charge in [-0.3, -0.25) is 9.48 Å². The van der Waals surface area contributed by atoms with Crippen molar-refractivity contribution in [1.29, 1.82) is 0 Å².